The highest BCUT2D eigenvalue weighted by Crippen LogP contribution is 2.38. The molecular formula is C49H31N3O. The quantitative estimate of drug-likeness (QED) is 0.176. The van der Waals surface area contributed by atoms with Crippen molar-refractivity contribution in [2.75, 3.05) is 0 Å². The van der Waals surface area contributed by atoms with Gasteiger partial charge in [0.2, 0.25) is 0 Å². The number of hydrogen-bond acceptors (Lipinski definition) is 4. The molecule has 0 bridgehead atoms. The number of para-hydroxylation sites is 2. The van der Waals surface area contributed by atoms with Gasteiger partial charge < -0.3 is 4.42 Å². The summed E-state index contributed by atoms with van der Waals surface area (Å²) in [5, 5.41) is 4.53. The van der Waals surface area contributed by atoms with E-state index in [0.29, 0.717) is 17.5 Å². The Kier molecular flexibility index (Phi) is 7.43. The highest BCUT2D eigenvalue weighted by Gasteiger charge is 2.19. The van der Waals surface area contributed by atoms with Gasteiger partial charge in [-0.05, 0) is 68.4 Å². The first-order chi connectivity index (χ1) is 26.3. The summed E-state index contributed by atoms with van der Waals surface area (Å²) in [5.41, 5.74) is 11.1. The zero-order valence-electron chi connectivity index (χ0n) is 28.6. The molecule has 0 fully saturated rings. The standard InChI is InChI=1S/C49H31N3O/c1-3-14-33(15-4-1)38-19-9-10-22-42(38)48-50-47(51-49(52-48)43-24-13-23-41-40-21-11-12-25-45(40)53-46(41)43)35-28-26-32(27-29-35)37-30-36-18-7-8-20-39(36)44(31-37)34-16-5-2-6-17-34/h1-31H. The fraction of sp³-hybridized carbons (Fsp3) is 0. The number of rotatable bonds is 6. The first-order valence-corrected chi connectivity index (χ1v) is 17.8. The lowest BCUT2D eigenvalue weighted by atomic mass is 9.93. The maximum atomic E-state index is 6.46. The Morgan fingerprint density at radius 1 is 0.302 bits per heavy atom. The average molecular weight is 678 g/mol. The Morgan fingerprint density at radius 3 is 1.62 bits per heavy atom. The van der Waals surface area contributed by atoms with Crippen molar-refractivity contribution in [3.63, 3.8) is 0 Å². The van der Waals surface area contributed by atoms with Crippen LogP contribution in [0.3, 0.4) is 0 Å². The zero-order valence-corrected chi connectivity index (χ0v) is 28.6. The number of furan rings is 1. The number of fused-ring (bicyclic) bond motifs is 4. The van der Waals surface area contributed by atoms with Crippen LogP contribution < -0.4 is 0 Å². The number of hydrogen-bond donors (Lipinski definition) is 0. The minimum Gasteiger partial charge on any atom is -0.455 e. The third kappa shape index (κ3) is 5.54. The molecular weight excluding hydrogens is 647 g/mol. The summed E-state index contributed by atoms with van der Waals surface area (Å²) < 4.78 is 6.46. The van der Waals surface area contributed by atoms with E-state index in [1.807, 2.05) is 42.5 Å². The lowest BCUT2D eigenvalue weighted by Gasteiger charge is -2.13. The van der Waals surface area contributed by atoms with Crippen LogP contribution in [0, 0.1) is 0 Å². The summed E-state index contributed by atoms with van der Waals surface area (Å²) in [6.07, 6.45) is 0. The molecule has 0 saturated carbocycles. The largest absolute Gasteiger partial charge is 0.455 e. The van der Waals surface area contributed by atoms with Crippen molar-refractivity contribution >= 4 is 32.7 Å². The first kappa shape index (κ1) is 30.6. The Hall–Kier alpha value is -7.17. The van der Waals surface area contributed by atoms with Gasteiger partial charge in [-0.2, -0.15) is 0 Å². The van der Waals surface area contributed by atoms with Gasteiger partial charge in [0.25, 0.3) is 0 Å². The lowest BCUT2D eigenvalue weighted by Crippen LogP contribution is -2.01. The number of aromatic nitrogens is 3. The third-order valence-corrected chi connectivity index (χ3v) is 9.96. The fourth-order valence-corrected chi connectivity index (χ4v) is 7.36. The molecule has 0 aliphatic carbocycles. The van der Waals surface area contributed by atoms with Gasteiger partial charge in [0, 0.05) is 21.9 Å². The van der Waals surface area contributed by atoms with Crippen molar-refractivity contribution in [1.82, 2.24) is 15.0 Å². The van der Waals surface area contributed by atoms with Crippen LogP contribution in [0.1, 0.15) is 0 Å². The SMILES string of the molecule is c1ccc(-c2ccccc2-c2nc(-c3ccc(-c4cc(-c5ccccc5)c5ccccc5c4)cc3)nc(-c3cccc4c3oc3ccccc34)n2)cc1. The molecule has 10 rings (SSSR count). The molecule has 0 aliphatic rings. The Bertz CT molecular complexity index is 2930. The Balaban J connectivity index is 1.13. The van der Waals surface area contributed by atoms with Gasteiger partial charge in [0.15, 0.2) is 17.5 Å². The molecule has 0 unspecified atom stereocenters. The van der Waals surface area contributed by atoms with E-state index in [1.54, 1.807) is 0 Å². The summed E-state index contributed by atoms with van der Waals surface area (Å²) in [6, 6.07) is 65.2. The van der Waals surface area contributed by atoms with Crippen molar-refractivity contribution in [2.45, 2.75) is 0 Å². The molecule has 0 spiro atoms. The van der Waals surface area contributed by atoms with Crippen molar-refractivity contribution in [1.29, 1.82) is 0 Å². The lowest BCUT2D eigenvalue weighted by molar-refractivity contribution is 0.669. The van der Waals surface area contributed by atoms with Crippen LogP contribution in [0.25, 0.3) is 100 Å². The predicted octanol–water partition coefficient (Wildman–Crippen LogP) is 12.9. The van der Waals surface area contributed by atoms with Gasteiger partial charge in [0.1, 0.15) is 11.2 Å². The van der Waals surface area contributed by atoms with Crippen molar-refractivity contribution in [2.24, 2.45) is 0 Å². The molecule has 53 heavy (non-hydrogen) atoms. The van der Waals surface area contributed by atoms with Gasteiger partial charge in [-0.15, -0.1) is 0 Å². The Morgan fingerprint density at radius 2 is 0.849 bits per heavy atom. The topological polar surface area (TPSA) is 51.8 Å². The smallest absolute Gasteiger partial charge is 0.167 e. The second-order valence-electron chi connectivity index (χ2n) is 13.2. The highest BCUT2D eigenvalue weighted by molar-refractivity contribution is 6.09. The summed E-state index contributed by atoms with van der Waals surface area (Å²) >= 11 is 0. The van der Waals surface area contributed by atoms with Crippen LogP contribution >= 0.6 is 0 Å². The molecule has 10 aromatic rings. The van der Waals surface area contributed by atoms with E-state index in [0.717, 1.165) is 60.9 Å². The summed E-state index contributed by atoms with van der Waals surface area (Å²) in [7, 11) is 0. The second kappa shape index (κ2) is 12.9. The number of nitrogens with zero attached hydrogens (tertiary/aromatic N) is 3. The molecule has 2 heterocycles. The third-order valence-electron chi connectivity index (χ3n) is 9.96. The molecule has 0 atom stereocenters. The fourth-order valence-electron chi connectivity index (χ4n) is 7.36. The van der Waals surface area contributed by atoms with Crippen LogP contribution in [0.4, 0.5) is 0 Å². The van der Waals surface area contributed by atoms with Crippen molar-refractivity contribution < 1.29 is 4.42 Å². The van der Waals surface area contributed by atoms with Gasteiger partial charge in [-0.1, -0.05) is 164 Å². The normalized spacial score (nSPS) is 11.4. The summed E-state index contributed by atoms with van der Waals surface area (Å²) in [6.45, 7) is 0. The maximum Gasteiger partial charge on any atom is 0.167 e. The van der Waals surface area contributed by atoms with Crippen molar-refractivity contribution in [3.8, 4) is 67.5 Å². The molecule has 0 aliphatic heterocycles. The highest BCUT2D eigenvalue weighted by atomic mass is 16.3. The maximum absolute atomic E-state index is 6.46. The van der Waals surface area contributed by atoms with Crippen LogP contribution in [0.15, 0.2) is 192 Å². The minimum atomic E-state index is 0.559. The van der Waals surface area contributed by atoms with Gasteiger partial charge in [-0.3, -0.25) is 0 Å². The molecule has 2 aromatic heterocycles. The molecule has 0 radical (unpaired) electrons. The summed E-state index contributed by atoms with van der Waals surface area (Å²) in [4.78, 5) is 15.4. The van der Waals surface area contributed by atoms with E-state index in [1.165, 1.54) is 21.9 Å². The second-order valence-corrected chi connectivity index (χ2v) is 13.2. The molecule has 8 aromatic carbocycles. The van der Waals surface area contributed by atoms with Crippen LogP contribution in [-0.2, 0) is 0 Å². The van der Waals surface area contributed by atoms with Gasteiger partial charge >= 0.3 is 0 Å². The predicted molar refractivity (Wildman–Crippen MR) is 217 cm³/mol. The molecule has 0 saturated heterocycles. The van der Waals surface area contributed by atoms with E-state index in [2.05, 4.69) is 146 Å². The van der Waals surface area contributed by atoms with E-state index in [9.17, 15) is 0 Å². The van der Waals surface area contributed by atoms with E-state index in [4.69, 9.17) is 19.4 Å². The monoisotopic (exact) mass is 677 g/mol. The van der Waals surface area contributed by atoms with E-state index >= 15 is 0 Å². The molecule has 248 valence electrons. The van der Waals surface area contributed by atoms with Crippen LogP contribution in [0.2, 0.25) is 0 Å². The van der Waals surface area contributed by atoms with Crippen LogP contribution in [0.5, 0.6) is 0 Å². The average Bonchev–Trinajstić information content (AvgIpc) is 3.63. The molecule has 4 heteroatoms. The van der Waals surface area contributed by atoms with E-state index in [-0.39, 0.29) is 0 Å². The van der Waals surface area contributed by atoms with Crippen LogP contribution in [-0.4, -0.2) is 15.0 Å². The molecule has 0 N–H and O–H groups in total. The molecule has 4 nitrogen and oxygen atoms in total. The van der Waals surface area contributed by atoms with Gasteiger partial charge in [-0.25, -0.2) is 15.0 Å². The zero-order chi connectivity index (χ0) is 35.1. The summed E-state index contributed by atoms with van der Waals surface area (Å²) in [5.74, 6) is 1.75. The van der Waals surface area contributed by atoms with E-state index < -0.39 is 0 Å². The van der Waals surface area contributed by atoms with Gasteiger partial charge in [0.05, 0.1) is 5.56 Å². The minimum absolute atomic E-state index is 0.559. The molecule has 0 amide bonds. The Labute approximate surface area is 306 Å². The first-order valence-electron chi connectivity index (χ1n) is 17.8. The number of benzene rings is 8. The van der Waals surface area contributed by atoms with Crippen molar-refractivity contribution in [3.05, 3.63) is 188 Å².